The van der Waals surface area contributed by atoms with Crippen LogP contribution in [0.2, 0.25) is 0 Å². The lowest BCUT2D eigenvalue weighted by Gasteiger charge is -2.19. The number of rotatable bonds is 5. The molecule has 0 aliphatic carbocycles. The molecule has 1 aliphatic heterocycles. The molecular weight excluding hydrogens is 334 g/mol. The quantitative estimate of drug-likeness (QED) is 0.893. The maximum absolute atomic E-state index is 4.29. The van der Waals surface area contributed by atoms with Crippen LogP contribution in [0.15, 0.2) is 39.6 Å². The molecule has 106 valence electrons. The normalized spacial score (nSPS) is 18.6. The number of halogens is 1. The summed E-state index contributed by atoms with van der Waals surface area (Å²) < 4.78 is 1.15. The number of hydrogen-bond acceptors (Lipinski definition) is 4. The molecule has 2 aromatic rings. The molecule has 3 nitrogen and oxygen atoms in total. The largest absolute Gasteiger partial charge is 0.371 e. The highest BCUT2D eigenvalue weighted by molar-refractivity contribution is 9.10. The van der Waals surface area contributed by atoms with E-state index in [9.17, 15) is 0 Å². The van der Waals surface area contributed by atoms with Gasteiger partial charge in [-0.1, -0.05) is 22.0 Å². The van der Waals surface area contributed by atoms with E-state index in [2.05, 4.69) is 60.8 Å². The molecule has 5 heteroatoms. The third kappa shape index (κ3) is 3.59. The summed E-state index contributed by atoms with van der Waals surface area (Å²) in [6.45, 7) is 4.25. The van der Waals surface area contributed by atoms with Crippen molar-refractivity contribution >= 4 is 33.0 Å². The van der Waals surface area contributed by atoms with Gasteiger partial charge in [0.15, 0.2) is 0 Å². The van der Waals surface area contributed by atoms with Crippen molar-refractivity contribution in [1.82, 2.24) is 10.3 Å². The van der Waals surface area contributed by atoms with E-state index in [-0.39, 0.29) is 0 Å². The van der Waals surface area contributed by atoms with Gasteiger partial charge in [-0.2, -0.15) is 0 Å². The van der Waals surface area contributed by atoms with Crippen LogP contribution in [-0.2, 0) is 6.54 Å². The summed E-state index contributed by atoms with van der Waals surface area (Å²) in [6.07, 6.45) is 1.26. The molecule has 1 aromatic carbocycles. The molecule has 1 fully saturated rings. The van der Waals surface area contributed by atoms with Crippen LogP contribution in [0.5, 0.6) is 0 Å². The van der Waals surface area contributed by atoms with E-state index < -0.39 is 0 Å². The first-order valence-electron chi connectivity index (χ1n) is 6.89. The van der Waals surface area contributed by atoms with Crippen molar-refractivity contribution in [3.8, 4) is 0 Å². The van der Waals surface area contributed by atoms with Crippen molar-refractivity contribution in [1.29, 1.82) is 0 Å². The molecule has 1 N–H and O–H groups in total. The Morgan fingerprint density at radius 2 is 2.40 bits per heavy atom. The van der Waals surface area contributed by atoms with Gasteiger partial charge in [-0.15, -0.1) is 11.3 Å². The Morgan fingerprint density at radius 3 is 3.20 bits per heavy atom. The van der Waals surface area contributed by atoms with Gasteiger partial charge in [0, 0.05) is 41.7 Å². The Balaban J connectivity index is 1.47. The van der Waals surface area contributed by atoms with E-state index >= 15 is 0 Å². The molecule has 2 heterocycles. The third-order valence-corrected chi connectivity index (χ3v) is 4.81. The van der Waals surface area contributed by atoms with Crippen LogP contribution in [0.4, 0.5) is 5.69 Å². The summed E-state index contributed by atoms with van der Waals surface area (Å²) in [4.78, 5) is 6.77. The van der Waals surface area contributed by atoms with E-state index in [1.54, 1.807) is 11.3 Å². The summed E-state index contributed by atoms with van der Waals surface area (Å²) in [6, 6.07) is 8.57. The van der Waals surface area contributed by atoms with Crippen LogP contribution in [-0.4, -0.2) is 24.6 Å². The minimum atomic E-state index is 0.729. The third-order valence-electron chi connectivity index (χ3n) is 3.68. The predicted molar refractivity (Wildman–Crippen MR) is 88.3 cm³/mol. The minimum Gasteiger partial charge on any atom is -0.371 e. The van der Waals surface area contributed by atoms with Crippen LogP contribution >= 0.6 is 27.3 Å². The zero-order valence-electron chi connectivity index (χ0n) is 11.3. The predicted octanol–water partition coefficient (Wildman–Crippen LogP) is 3.52. The molecule has 3 rings (SSSR count). The lowest BCUT2D eigenvalue weighted by molar-refractivity contribution is 0.514. The van der Waals surface area contributed by atoms with E-state index in [0.29, 0.717) is 0 Å². The monoisotopic (exact) mass is 351 g/mol. The van der Waals surface area contributed by atoms with E-state index in [4.69, 9.17) is 0 Å². The first-order chi connectivity index (χ1) is 9.81. The number of thiazole rings is 1. The molecule has 1 unspecified atom stereocenters. The SMILES string of the molecule is Brc1cccc(N2CCC(CNCc3cscn3)C2)c1. The molecule has 1 aromatic heterocycles. The van der Waals surface area contributed by atoms with Gasteiger partial charge in [-0.3, -0.25) is 0 Å². The molecule has 0 amide bonds. The Kier molecular flexibility index (Phi) is 4.70. The molecule has 0 radical (unpaired) electrons. The van der Waals surface area contributed by atoms with Gasteiger partial charge in [0.25, 0.3) is 0 Å². The molecule has 0 bridgehead atoms. The number of anilines is 1. The summed E-state index contributed by atoms with van der Waals surface area (Å²) >= 11 is 5.20. The van der Waals surface area contributed by atoms with Crippen molar-refractivity contribution < 1.29 is 0 Å². The summed E-state index contributed by atoms with van der Waals surface area (Å²) in [5, 5.41) is 5.63. The number of nitrogens with zero attached hydrogens (tertiary/aromatic N) is 2. The highest BCUT2D eigenvalue weighted by Gasteiger charge is 2.22. The van der Waals surface area contributed by atoms with Crippen molar-refractivity contribution in [3.05, 3.63) is 45.3 Å². The lowest BCUT2D eigenvalue weighted by atomic mass is 10.1. The fourth-order valence-electron chi connectivity index (χ4n) is 2.64. The zero-order chi connectivity index (χ0) is 13.8. The highest BCUT2D eigenvalue weighted by Crippen LogP contribution is 2.25. The second kappa shape index (κ2) is 6.70. The van der Waals surface area contributed by atoms with E-state index in [1.165, 1.54) is 12.1 Å². The number of benzene rings is 1. The zero-order valence-corrected chi connectivity index (χ0v) is 13.7. The number of hydrogen-bond donors (Lipinski definition) is 1. The molecule has 0 saturated carbocycles. The maximum atomic E-state index is 4.29. The van der Waals surface area contributed by atoms with E-state index in [0.717, 1.165) is 42.3 Å². The van der Waals surface area contributed by atoms with Gasteiger partial charge in [0.1, 0.15) is 0 Å². The van der Waals surface area contributed by atoms with Crippen LogP contribution in [0.1, 0.15) is 12.1 Å². The summed E-state index contributed by atoms with van der Waals surface area (Å²) in [5.41, 5.74) is 4.36. The van der Waals surface area contributed by atoms with Gasteiger partial charge in [-0.25, -0.2) is 4.98 Å². The van der Waals surface area contributed by atoms with Crippen molar-refractivity contribution in [3.63, 3.8) is 0 Å². The Morgan fingerprint density at radius 1 is 1.45 bits per heavy atom. The van der Waals surface area contributed by atoms with Gasteiger partial charge in [0.2, 0.25) is 0 Å². The van der Waals surface area contributed by atoms with E-state index in [1.807, 2.05) is 5.51 Å². The fourth-order valence-corrected chi connectivity index (χ4v) is 3.58. The van der Waals surface area contributed by atoms with Crippen LogP contribution in [0.25, 0.3) is 0 Å². The van der Waals surface area contributed by atoms with Gasteiger partial charge < -0.3 is 10.2 Å². The van der Waals surface area contributed by atoms with Gasteiger partial charge in [0.05, 0.1) is 11.2 Å². The first-order valence-corrected chi connectivity index (χ1v) is 8.63. The smallest absolute Gasteiger partial charge is 0.0795 e. The van der Waals surface area contributed by atoms with Gasteiger partial charge in [-0.05, 0) is 30.5 Å². The average Bonchev–Trinajstić information content (AvgIpc) is 3.10. The van der Waals surface area contributed by atoms with Crippen molar-refractivity contribution in [2.24, 2.45) is 5.92 Å². The molecule has 1 saturated heterocycles. The molecule has 1 atom stereocenters. The molecule has 0 spiro atoms. The second-order valence-electron chi connectivity index (χ2n) is 5.19. The molecular formula is C15H18BrN3S. The Labute approximate surface area is 132 Å². The summed E-state index contributed by atoms with van der Waals surface area (Å²) in [5.74, 6) is 0.729. The minimum absolute atomic E-state index is 0.729. The topological polar surface area (TPSA) is 28.2 Å². The molecule has 1 aliphatic rings. The Bertz CT molecular complexity index is 544. The standard InChI is InChI=1S/C15H18BrN3S/c16-13-2-1-3-15(6-13)19-5-4-12(9-19)7-17-8-14-10-20-11-18-14/h1-3,6,10-12,17H,4-5,7-9H2. The van der Waals surface area contributed by atoms with Gasteiger partial charge >= 0.3 is 0 Å². The van der Waals surface area contributed by atoms with Crippen LogP contribution in [0, 0.1) is 5.92 Å². The number of nitrogens with one attached hydrogen (secondary N) is 1. The highest BCUT2D eigenvalue weighted by atomic mass is 79.9. The van der Waals surface area contributed by atoms with Crippen molar-refractivity contribution in [2.45, 2.75) is 13.0 Å². The maximum Gasteiger partial charge on any atom is 0.0795 e. The summed E-state index contributed by atoms with van der Waals surface area (Å²) in [7, 11) is 0. The average molecular weight is 352 g/mol. The second-order valence-corrected chi connectivity index (χ2v) is 6.83. The lowest BCUT2D eigenvalue weighted by Crippen LogP contribution is -2.26. The Hall–Kier alpha value is -0.910. The fraction of sp³-hybridized carbons (Fsp3) is 0.400. The van der Waals surface area contributed by atoms with Crippen LogP contribution < -0.4 is 10.2 Å². The molecule has 20 heavy (non-hydrogen) atoms. The first kappa shape index (κ1) is 14.0. The number of aromatic nitrogens is 1. The van der Waals surface area contributed by atoms with Crippen molar-refractivity contribution in [2.75, 3.05) is 24.5 Å². The van der Waals surface area contributed by atoms with Crippen LogP contribution in [0.3, 0.4) is 0 Å².